The van der Waals surface area contributed by atoms with E-state index in [0.29, 0.717) is 5.56 Å². The van der Waals surface area contributed by atoms with E-state index in [9.17, 15) is 13.2 Å². The van der Waals surface area contributed by atoms with Crippen molar-refractivity contribution in [2.45, 2.75) is 6.18 Å². The summed E-state index contributed by atoms with van der Waals surface area (Å²) in [5, 5.41) is 0. The van der Waals surface area contributed by atoms with Crippen LogP contribution < -0.4 is 0 Å². The van der Waals surface area contributed by atoms with E-state index in [1.165, 1.54) is 19.2 Å². The van der Waals surface area contributed by atoms with E-state index in [4.69, 9.17) is 0 Å². The number of rotatable bonds is 1. The van der Waals surface area contributed by atoms with E-state index < -0.39 is 11.7 Å². The fraction of sp³-hybridized carbons (Fsp3) is 0.273. The summed E-state index contributed by atoms with van der Waals surface area (Å²) in [5.74, 6) is 5.34. The lowest BCUT2D eigenvalue weighted by atomic mass is 10.1. The topological polar surface area (TPSA) is 9.23 Å². The van der Waals surface area contributed by atoms with Gasteiger partial charge in [-0.3, -0.25) is 0 Å². The van der Waals surface area contributed by atoms with E-state index >= 15 is 0 Å². The molecule has 0 atom stereocenters. The monoisotopic (exact) mass is 214 g/mol. The van der Waals surface area contributed by atoms with E-state index in [1.54, 1.807) is 0 Å². The first-order chi connectivity index (χ1) is 7.04. The molecule has 0 spiro atoms. The smallest absolute Gasteiger partial charge is 0.372 e. The van der Waals surface area contributed by atoms with E-state index in [-0.39, 0.29) is 6.61 Å². The van der Waals surface area contributed by atoms with Crippen LogP contribution in [0.3, 0.4) is 0 Å². The summed E-state index contributed by atoms with van der Waals surface area (Å²) in [7, 11) is 1.50. The van der Waals surface area contributed by atoms with Crippen molar-refractivity contribution in [3.63, 3.8) is 0 Å². The zero-order valence-electron chi connectivity index (χ0n) is 8.06. The summed E-state index contributed by atoms with van der Waals surface area (Å²) in [4.78, 5) is 0. The SMILES string of the molecule is COCC#Cc1ccc(C(F)(F)F)cc1. The lowest BCUT2D eigenvalue weighted by Crippen LogP contribution is -2.04. The highest BCUT2D eigenvalue weighted by Gasteiger charge is 2.29. The van der Waals surface area contributed by atoms with Gasteiger partial charge in [-0.05, 0) is 24.3 Å². The van der Waals surface area contributed by atoms with E-state index in [0.717, 1.165) is 12.1 Å². The molecule has 0 fully saturated rings. The Morgan fingerprint density at radius 2 is 1.80 bits per heavy atom. The third-order valence-electron chi connectivity index (χ3n) is 1.66. The minimum atomic E-state index is -4.29. The Bertz CT molecular complexity index is 368. The molecule has 0 aromatic heterocycles. The average Bonchev–Trinajstić information content (AvgIpc) is 2.18. The second kappa shape index (κ2) is 4.85. The molecule has 0 N–H and O–H groups in total. The third-order valence-corrected chi connectivity index (χ3v) is 1.66. The fourth-order valence-electron chi connectivity index (χ4n) is 0.953. The van der Waals surface area contributed by atoms with Gasteiger partial charge >= 0.3 is 6.18 Å². The second-order valence-corrected chi connectivity index (χ2v) is 2.81. The minimum Gasteiger partial charge on any atom is -0.372 e. The van der Waals surface area contributed by atoms with Gasteiger partial charge < -0.3 is 4.74 Å². The molecule has 0 bridgehead atoms. The van der Waals surface area contributed by atoms with Crippen LogP contribution in [0.25, 0.3) is 0 Å². The quantitative estimate of drug-likeness (QED) is 0.653. The summed E-state index contributed by atoms with van der Waals surface area (Å²) in [6.45, 7) is 0.265. The molecule has 0 heterocycles. The Labute approximate surface area is 85.9 Å². The number of hydrogen-bond donors (Lipinski definition) is 0. The maximum atomic E-state index is 12.2. The van der Waals surface area contributed by atoms with Crippen molar-refractivity contribution in [1.29, 1.82) is 0 Å². The van der Waals surface area contributed by atoms with Crippen molar-refractivity contribution in [1.82, 2.24) is 0 Å². The Kier molecular flexibility index (Phi) is 3.75. The summed E-state index contributed by atoms with van der Waals surface area (Å²) in [6.07, 6.45) is -4.29. The molecule has 1 aromatic rings. The molecule has 0 saturated heterocycles. The van der Waals surface area contributed by atoms with Crippen LogP contribution in [0.5, 0.6) is 0 Å². The van der Waals surface area contributed by atoms with Gasteiger partial charge in [0.05, 0.1) is 5.56 Å². The van der Waals surface area contributed by atoms with Crippen LogP contribution in [0.2, 0.25) is 0 Å². The van der Waals surface area contributed by atoms with Crippen molar-refractivity contribution in [3.05, 3.63) is 35.4 Å². The average molecular weight is 214 g/mol. The van der Waals surface area contributed by atoms with Gasteiger partial charge in [0.25, 0.3) is 0 Å². The van der Waals surface area contributed by atoms with E-state index in [1.807, 2.05) is 0 Å². The molecule has 0 unspecified atom stereocenters. The van der Waals surface area contributed by atoms with Crippen molar-refractivity contribution < 1.29 is 17.9 Å². The Balaban J connectivity index is 2.79. The lowest BCUT2D eigenvalue weighted by molar-refractivity contribution is -0.137. The minimum absolute atomic E-state index is 0.265. The molecule has 0 radical (unpaired) electrons. The highest BCUT2D eigenvalue weighted by molar-refractivity contribution is 5.36. The predicted molar refractivity (Wildman–Crippen MR) is 50.2 cm³/mol. The highest BCUT2D eigenvalue weighted by Crippen LogP contribution is 2.28. The van der Waals surface area contributed by atoms with Gasteiger partial charge in [-0.1, -0.05) is 11.8 Å². The van der Waals surface area contributed by atoms with Crippen molar-refractivity contribution in [3.8, 4) is 11.8 Å². The van der Waals surface area contributed by atoms with Crippen molar-refractivity contribution >= 4 is 0 Å². The van der Waals surface area contributed by atoms with Gasteiger partial charge in [0.1, 0.15) is 6.61 Å². The van der Waals surface area contributed by atoms with Gasteiger partial charge in [-0.2, -0.15) is 13.2 Å². The van der Waals surface area contributed by atoms with Gasteiger partial charge in [0.2, 0.25) is 0 Å². The first-order valence-electron chi connectivity index (χ1n) is 4.19. The van der Waals surface area contributed by atoms with Crippen LogP contribution in [0.4, 0.5) is 13.2 Å². The first kappa shape index (κ1) is 11.6. The molecule has 1 rings (SSSR count). The molecule has 4 heteroatoms. The van der Waals surface area contributed by atoms with Gasteiger partial charge in [0, 0.05) is 12.7 Å². The molecule has 0 aliphatic rings. The number of methoxy groups -OCH3 is 1. The summed E-state index contributed by atoms with van der Waals surface area (Å²) in [5.41, 5.74) is -0.125. The first-order valence-corrected chi connectivity index (χ1v) is 4.19. The van der Waals surface area contributed by atoms with Crippen LogP contribution in [0, 0.1) is 11.8 Å². The molecule has 0 aliphatic heterocycles. The maximum absolute atomic E-state index is 12.2. The molecule has 15 heavy (non-hydrogen) atoms. The lowest BCUT2D eigenvalue weighted by Gasteiger charge is -2.05. The van der Waals surface area contributed by atoms with Gasteiger partial charge in [-0.25, -0.2) is 0 Å². The maximum Gasteiger partial charge on any atom is 0.416 e. The van der Waals surface area contributed by atoms with E-state index in [2.05, 4.69) is 16.6 Å². The zero-order chi connectivity index (χ0) is 11.3. The normalized spacial score (nSPS) is 10.7. The molecule has 0 amide bonds. The van der Waals surface area contributed by atoms with Gasteiger partial charge in [0.15, 0.2) is 0 Å². The number of halogens is 3. The Morgan fingerprint density at radius 3 is 2.27 bits per heavy atom. The highest BCUT2D eigenvalue weighted by atomic mass is 19.4. The van der Waals surface area contributed by atoms with Crippen LogP contribution in [0.15, 0.2) is 24.3 Å². The zero-order valence-corrected chi connectivity index (χ0v) is 8.06. The molecule has 1 nitrogen and oxygen atoms in total. The van der Waals surface area contributed by atoms with Crippen LogP contribution >= 0.6 is 0 Å². The second-order valence-electron chi connectivity index (χ2n) is 2.81. The van der Waals surface area contributed by atoms with Crippen molar-refractivity contribution in [2.24, 2.45) is 0 Å². The Morgan fingerprint density at radius 1 is 1.20 bits per heavy atom. The third kappa shape index (κ3) is 3.64. The standard InChI is InChI=1S/C11H9F3O/c1-15-8-2-3-9-4-6-10(7-5-9)11(12,13)14/h4-7H,8H2,1H3. The summed E-state index contributed by atoms with van der Waals surface area (Å²) < 4.78 is 41.2. The fourth-order valence-corrected chi connectivity index (χ4v) is 0.953. The van der Waals surface area contributed by atoms with Crippen molar-refractivity contribution in [2.75, 3.05) is 13.7 Å². The summed E-state index contributed by atoms with van der Waals surface area (Å²) in [6, 6.07) is 4.70. The summed E-state index contributed by atoms with van der Waals surface area (Å²) >= 11 is 0. The number of alkyl halides is 3. The molecule has 80 valence electrons. The molecule has 0 saturated carbocycles. The molecule has 0 aliphatic carbocycles. The predicted octanol–water partition coefficient (Wildman–Crippen LogP) is 2.70. The molecular weight excluding hydrogens is 205 g/mol. The number of ether oxygens (including phenoxy) is 1. The van der Waals surface area contributed by atoms with Crippen LogP contribution in [0.1, 0.15) is 11.1 Å². The number of hydrogen-bond acceptors (Lipinski definition) is 1. The molecular formula is C11H9F3O. The molecule has 1 aromatic carbocycles. The van der Waals surface area contributed by atoms with Crippen LogP contribution in [-0.4, -0.2) is 13.7 Å². The number of benzene rings is 1. The Hall–Kier alpha value is -1.47. The largest absolute Gasteiger partial charge is 0.416 e. The van der Waals surface area contributed by atoms with Crippen LogP contribution in [-0.2, 0) is 10.9 Å². The van der Waals surface area contributed by atoms with Gasteiger partial charge in [-0.15, -0.1) is 0 Å².